The van der Waals surface area contributed by atoms with E-state index in [9.17, 15) is 4.79 Å². The van der Waals surface area contributed by atoms with Gasteiger partial charge in [0.05, 0.1) is 12.0 Å². The second-order valence-corrected chi connectivity index (χ2v) is 6.90. The van der Waals surface area contributed by atoms with E-state index in [0.717, 1.165) is 11.3 Å². The molecule has 3 nitrogen and oxygen atoms in total. The molecule has 3 aromatic carbocycles. The third-order valence-corrected chi connectivity index (χ3v) is 5.19. The average molecular weight is 342 g/mol. The Bertz CT molecular complexity index is 972. The minimum Gasteiger partial charge on any atom is -0.348 e. The zero-order valence-electron chi connectivity index (χ0n) is 15.0. The maximum Gasteiger partial charge on any atom is 0.246 e. The molecule has 3 atom stereocenters. The first-order valence-electron chi connectivity index (χ1n) is 9.02. The van der Waals surface area contributed by atoms with Crippen molar-refractivity contribution in [2.24, 2.45) is 4.99 Å². The van der Waals surface area contributed by atoms with Gasteiger partial charge in [-0.2, -0.15) is 0 Å². The molecule has 0 aromatic heterocycles. The summed E-state index contributed by atoms with van der Waals surface area (Å²) in [6, 6.07) is 24.2. The van der Waals surface area contributed by atoms with Crippen molar-refractivity contribution in [3.05, 3.63) is 83.9 Å². The molecule has 0 radical (unpaired) electrons. The van der Waals surface area contributed by atoms with Crippen LogP contribution in [-0.4, -0.2) is 17.7 Å². The highest BCUT2D eigenvalue weighted by molar-refractivity contribution is 6.06. The van der Waals surface area contributed by atoms with Gasteiger partial charge in [0.2, 0.25) is 5.91 Å². The Morgan fingerprint density at radius 2 is 1.65 bits per heavy atom. The van der Waals surface area contributed by atoms with Crippen molar-refractivity contribution in [2.75, 3.05) is 0 Å². The molecule has 26 heavy (non-hydrogen) atoms. The van der Waals surface area contributed by atoms with Gasteiger partial charge in [0, 0.05) is 5.71 Å². The summed E-state index contributed by atoms with van der Waals surface area (Å²) in [5, 5.41) is 5.51. The van der Waals surface area contributed by atoms with Gasteiger partial charge >= 0.3 is 0 Å². The smallest absolute Gasteiger partial charge is 0.246 e. The number of rotatable bonds is 4. The minimum absolute atomic E-state index is 0.00936. The fraction of sp³-hybridized carbons (Fsp3) is 0.217. The Morgan fingerprint density at radius 3 is 2.42 bits per heavy atom. The Balaban J connectivity index is 1.59. The van der Waals surface area contributed by atoms with Crippen molar-refractivity contribution in [1.82, 2.24) is 5.32 Å². The Kier molecular flexibility index (Phi) is 4.29. The van der Waals surface area contributed by atoms with E-state index >= 15 is 0 Å². The number of carbonyl (C=O) groups is 1. The molecule has 0 saturated heterocycles. The van der Waals surface area contributed by atoms with Crippen LogP contribution in [0.25, 0.3) is 10.8 Å². The fourth-order valence-corrected chi connectivity index (χ4v) is 3.77. The summed E-state index contributed by atoms with van der Waals surface area (Å²) in [5.74, 6) is 0.0361. The van der Waals surface area contributed by atoms with Crippen molar-refractivity contribution in [3.8, 4) is 0 Å². The molecule has 0 saturated carbocycles. The van der Waals surface area contributed by atoms with Crippen LogP contribution in [0.15, 0.2) is 77.8 Å². The lowest BCUT2D eigenvalue weighted by Crippen LogP contribution is -2.46. The van der Waals surface area contributed by atoms with E-state index in [0.29, 0.717) is 0 Å². The molecule has 1 aliphatic heterocycles. The average Bonchev–Trinajstić information content (AvgIpc) is 2.67. The Morgan fingerprint density at radius 1 is 0.962 bits per heavy atom. The van der Waals surface area contributed by atoms with Crippen molar-refractivity contribution >= 4 is 22.4 Å². The number of nitrogens with zero attached hydrogens (tertiary/aromatic N) is 1. The molecule has 0 aliphatic carbocycles. The van der Waals surface area contributed by atoms with E-state index in [1.54, 1.807) is 0 Å². The summed E-state index contributed by atoms with van der Waals surface area (Å²) < 4.78 is 0. The van der Waals surface area contributed by atoms with Crippen LogP contribution in [0.4, 0.5) is 0 Å². The number of benzene rings is 3. The number of hydrogen-bond acceptors (Lipinski definition) is 2. The molecular formula is C23H22N2O. The van der Waals surface area contributed by atoms with E-state index < -0.39 is 0 Å². The molecule has 0 spiro atoms. The van der Waals surface area contributed by atoms with Gasteiger partial charge in [-0.15, -0.1) is 0 Å². The normalized spacial score (nSPS) is 20.2. The molecule has 2 unspecified atom stereocenters. The van der Waals surface area contributed by atoms with E-state index in [1.807, 2.05) is 56.3 Å². The van der Waals surface area contributed by atoms with Gasteiger partial charge in [0.15, 0.2) is 0 Å². The zero-order valence-corrected chi connectivity index (χ0v) is 15.0. The van der Waals surface area contributed by atoms with E-state index in [1.165, 1.54) is 16.3 Å². The van der Waals surface area contributed by atoms with Crippen LogP contribution in [-0.2, 0) is 4.79 Å². The largest absolute Gasteiger partial charge is 0.348 e. The molecule has 1 aliphatic rings. The SMILES string of the molecule is CC1=NC(C(=O)N[C@@H](C)c2ccccc2)C1c1cccc2ccccc12. The van der Waals surface area contributed by atoms with Crippen LogP contribution < -0.4 is 5.32 Å². The zero-order chi connectivity index (χ0) is 18.1. The highest BCUT2D eigenvalue weighted by Crippen LogP contribution is 2.36. The monoisotopic (exact) mass is 342 g/mol. The molecule has 0 bridgehead atoms. The Labute approximate surface area is 153 Å². The molecule has 1 N–H and O–H groups in total. The molecule has 4 rings (SSSR count). The number of fused-ring (bicyclic) bond motifs is 1. The number of carbonyl (C=O) groups excluding carboxylic acids is 1. The molecule has 0 fully saturated rings. The van der Waals surface area contributed by atoms with Crippen molar-refractivity contribution in [2.45, 2.75) is 31.8 Å². The van der Waals surface area contributed by atoms with Gasteiger partial charge in [0.1, 0.15) is 6.04 Å². The van der Waals surface area contributed by atoms with Gasteiger partial charge in [-0.3, -0.25) is 9.79 Å². The summed E-state index contributed by atoms with van der Waals surface area (Å²) in [6.45, 7) is 4.02. The van der Waals surface area contributed by atoms with Crippen LogP contribution in [0.1, 0.15) is 36.9 Å². The first-order chi connectivity index (χ1) is 12.6. The quantitative estimate of drug-likeness (QED) is 0.737. The molecular weight excluding hydrogens is 320 g/mol. The van der Waals surface area contributed by atoms with Crippen molar-refractivity contribution < 1.29 is 4.79 Å². The van der Waals surface area contributed by atoms with E-state index in [4.69, 9.17) is 0 Å². The van der Waals surface area contributed by atoms with Crippen LogP contribution in [0.3, 0.4) is 0 Å². The fourth-order valence-electron chi connectivity index (χ4n) is 3.77. The van der Waals surface area contributed by atoms with Crippen molar-refractivity contribution in [3.63, 3.8) is 0 Å². The minimum atomic E-state index is -0.355. The predicted octanol–water partition coefficient (Wildman–Crippen LogP) is 4.64. The van der Waals surface area contributed by atoms with Gasteiger partial charge in [-0.1, -0.05) is 72.8 Å². The maximum absolute atomic E-state index is 12.9. The van der Waals surface area contributed by atoms with Gasteiger partial charge < -0.3 is 5.32 Å². The van der Waals surface area contributed by atoms with Gasteiger partial charge in [-0.25, -0.2) is 0 Å². The first-order valence-corrected chi connectivity index (χ1v) is 9.02. The highest BCUT2D eigenvalue weighted by Gasteiger charge is 2.39. The Hall–Kier alpha value is -2.94. The summed E-state index contributed by atoms with van der Waals surface area (Å²) in [4.78, 5) is 17.4. The third-order valence-electron chi connectivity index (χ3n) is 5.19. The lowest BCUT2D eigenvalue weighted by molar-refractivity contribution is -0.123. The molecule has 3 heteroatoms. The van der Waals surface area contributed by atoms with E-state index in [-0.39, 0.29) is 23.9 Å². The summed E-state index contributed by atoms with van der Waals surface area (Å²) >= 11 is 0. The molecule has 1 heterocycles. The summed E-state index contributed by atoms with van der Waals surface area (Å²) in [6.07, 6.45) is 0. The second-order valence-electron chi connectivity index (χ2n) is 6.90. The van der Waals surface area contributed by atoms with Crippen LogP contribution in [0, 0.1) is 0 Å². The number of hydrogen-bond donors (Lipinski definition) is 1. The maximum atomic E-state index is 12.9. The predicted molar refractivity (Wildman–Crippen MR) is 107 cm³/mol. The lowest BCUT2D eigenvalue weighted by Gasteiger charge is -2.34. The number of nitrogens with one attached hydrogen (secondary N) is 1. The van der Waals surface area contributed by atoms with Gasteiger partial charge in [0.25, 0.3) is 0 Å². The lowest BCUT2D eigenvalue weighted by atomic mass is 9.80. The van der Waals surface area contributed by atoms with Crippen LogP contribution >= 0.6 is 0 Å². The molecule has 1 amide bonds. The van der Waals surface area contributed by atoms with Crippen LogP contribution in [0.2, 0.25) is 0 Å². The summed E-state index contributed by atoms with van der Waals surface area (Å²) in [5.41, 5.74) is 3.31. The van der Waals surface area contributed by atoms with Crippen LogP contribution in [0.5, 0.6) is 0 Å². The van der Waals surface area contributed by atoms with Gasteiger partial charge in [-0.05, 0) is 35.7 Å². The standard InChI is InChI=1S/C23H22N2O/c1-15(17-9-4-3-5-10-17)25-23(26)22-21(16(2)24-22)20-14-8-12-18-11-6-7-13-19(18)20/h3-15,21-22H,1-2H3,(H,25,26)/t15-,21?,22?/m0/s1. The second kappa shape index (κ2) is 6.75. The molecule has 3 aromatic rings. The number of amides is 1. The number of aliphatic imine (C=N–C) groups is 1. The topological polar surface area (TPSA) is 41.5 Å². The highest BCUT2D eigenvalue weighted by atomic mass is 16.2. The third kappa shape index (κ3) is 2.90. The summed E-state index contributed by atoms with van der Waals surface area (Å²) in [7, 11) is 0. The molecule has 130 valence electrons. The first kappa shape index (κ1) is 16.5. The van der Waals surface area contributed by atoms with Crippen molar-refractivity contribution in [1.29, 1.82) is 0 Å². The van der Waals surface area contributed by atoms with E-state index in [2.05, 4.69) is 40.6 Å².